The zero-order valence-corrected chi connectivity index (χ0v) is 13.6. The van der Waals surface area contributed by atoms with Crippen molar-refractivity contribution in [2.24, 2.45) is 0 Å². The highest BCUT2D eigenvalue weighted by Crippen LogP contribution is 2.23. The van der Waals surface area contributed by atoms with E-state index in [1.165, 1.54) is 24.9 Å². The number of aromatic nitrogens is 1. The number of hydrogen-bond donors (Lipinski definition) is 0. The Morgan fingerprint density at radius 3 is 2.68 bits per heavy atom. The maximum Gasteiger partial charge on any atom is 0.243 e. The predicted molar refractivity (Wildman–Crippen MR) is 89.9 cm³/mol. The molecule has 0 N–H and O–H groups in total. The van der Waals surface area contributed by atoms with Crippen molar-refractivity contribution in [2.45, 2.75) is 9.92 Å². The molecule has 0 aliphatic rings. The first-order chi connectivity index (χ1) is 10.5. The normalized spacial score (nSPS) is 11.3. The highest BCUT2D eigenvalue weighted by atomic mass is 32.2. The van der Waals surface area contributed by atoms with E-state index in [0.29, 0.717) is 5.75 Å². The molecule has 112 valence electrons. The molecule has 0 aliphatic carbocycles. The van der Waals surface area contributed by atoms with Gasteiger partial charge < -0.3 is 0 Å². The highest BCUT2D eigenvalue weighted by Gasteiger charge is 2.20. The second-order valence-corrected chi connectivity index (χ2v) is 7.50. The molecule has 6 heteroatoms. The van der Waals surface area contributed by atoms with Crippen LogP contribution in [0.4, 0.5) is 0 Å². The van der Waals surface area contributed by atoms with Gasteiger partial charge in [0.25, 0.3) is 0 Å². The molecule has 22 heavy (non-hydrogen) atoms. The average molecular weight is 330 g/mol. The highest BCUT2D eigenvalue weighted by molar-refractivity contribution is 7.99. The summed E-state index contributed by atoms with van der Waals surface area (Å²) in [5.41, 5.74) is 0.723. The first kappa shape index (κ1) is 16.4. The van der Waals surface area contributed by atoms with Gasteiger partial charge in [-0.3, -0.25) is 0 Å². The van der Waals surface area contributed by atoms with Crippen LogP contribution in [-0.2, 0) is 10.0 Å². The second kappa shape index (κ2) is 6.85. The zero-order chi connectivity index (χ0) is 16.2. The molecular formula is C16H14N2O2S2. The lowest BCUT2D eigenvalue weighted by atomic mass is 10.2. The molecule has 1 aromatic heterocycles. The molecule has 0 atom stereocenters. The molecule has 1 heterocycles. The van der Waals surface area contributed by atoms with Crippen molar-refractivity contribution in [1.29, 1.82) is 0 Å². The lowest BCUT2D eigenvalue weighted by Gasteiger charge is -2.14. The fraction of sp³-hybridized carbons (Fsp3) is 0.188. The van der Waals surface area contributed by atoms with E-state index in [-0.39, 0.29) is 11.4 Å². The summed E-state index contributed by atoms with van der Waals surface area (Å²) >= 11 is 1.46. The van der Waals surface area contributed by atoms with E-state index in [1.54, 1.807) is 12.1 Å². The predicted octanol–water partition coefficient (Wildman–Crippen LogP) is 2.21. The largest absolute Gasteiger partial charge is 0.243 e. The number of terminal acetylenes is 2. The van der Waals surface area contributed by atoms with Crippen molar-refractivity contribution in [3.05, 3.63) is 30.3 Å². The lowest BCUT2D eigenvalue weighted by molar-refractivity contribution is 0.503. The molecule has 0 bridgehead atoms. The molecule has 2 aromatic rings. The molecule has 0 fully saturated rings. The van der Waals surface area contributed by atoms with E-state index in [1.807, 2.05) is 12.1 Å². The maximum absolute atomic E-state index is 12.4. The van der Waals surface area contributed by atoms with Gasteiger partial charge in [0, 0.05) is 12.4 Å². The Morgan fingerprint density at radius 2 is 2.00 bits per heavy atom. The summed E-state index contributed by atoms with van der Waals surface area (Å²) in [5, 5.41) is 1.56. The smallest absolute Gasteiger partial charge is 0.241 e. The Hall–Kier alpha value is -1.99. The number of rotatable bonds is 5. The van der Waals surface area contributed by atoms with Gasteiger partial charge in [-0.15, -0.1) is 12.8 Å². The van der Waals surface area contributed by atoms with Crippen LogP contribution in [0.15, 0.2) is 40.3 Å². The Kier molecular flexibility index (Phi) is 5.10. The summed E-state index contributed by atoms with van der Waals surface area (Å²) in [6, 6.07) is 8.48. The minimum Gasteiger partial charge on any atom is -0.241 e. The van der Waals surface area contributed by atoms with Crippen LogP contribution in [0.5, 0.6) is 0 Å². The van der Waals surface area contributed by atoms with Crippen LogP contribution >= 0.6 is 11.8 Å². The number of benzene rings is 1. The molecule has 0 radical (unpaired) electrons. The van der Waals surface area contributed by atoms with Gasteiger partial charge in [0.1, 0.15) is 0 Å². The van der Waals surface area contributed by atoms with Crippen molar-refractivity contribution in [3.8, 4) is 24.7 Å². The van der Waals surface area contributed by atoms with Crippen LogP contribution in [0.2, 0.25) is 0 Å². The molecule has 0 saturated heterocycles. The van der Waals surface area contributed by atoms with Crippen molar-refractivity contribution in [2.75, 3.05) is 19.3 Å². The quantitative estimate of drug-likeness (QED) is 0.623. The molecule has 1 aromatic carbocycles. The van der Waals surface area contributed by atoms with Gasteiger partial charge in [0.15, 0.2) is 0 Å². The van der Waals surface area contributed by atoms with E-state index >= 15 is 0 Å². The SMILES string of the molecule is C#CCSc1ccc2cc(S(=O)(=O)N(C)CC#C)ccc2n1. The Bertz CT molecular complexity index is 877. The molecule has 0 unspecified atom stereocenters. The maximum atomic E-state index is 12.4. The number of thioether (sulfide) groups is 1. The molecule has 0 amide bonds. The van der Waals surface area contributed by atoms with Crippen LogP contribution in [0, 0.1) is 24.7 Å². The zero-order valence-electron chi connectivity index (χ0n) is 12.0. The van der Waals surface area contributed by atoms with Gasteiger partial charge in [-0.25, -0.2) is 13.4 Å². The molecule has 0 aliphatic heterocycles. The van der Waals surface area contributed by atoms with E-state index < -0.39 is 10.0 Å². The summed E-state index contributed by atoms with van der Waals surface area (Å²) in [6.45, 7) is 0.0281. The molecule has 0 spiro atoms. The third-order valence-electron chi connectivity index (χ3n) is 2.96. The van der Waals surface area contributed by atoms with Crippen molar-refractivity contribution >= 4 is 32.7 Å². The van der Waals surface area contributed by atoms with E-state index in [4.69, 9.17) is 12.8 Å². The first-order valence-electron chi connectivity index (χ1n) is 6.36. The number of nitrogens with zero attached hydrogens (tertiary/aromatic N) is 2. The van der Waals surface area contributed by atoms with E-state index in [2.05, 4.69) is 16.8 Å². The third kappa shape index (κ3) is 3.42. The van der Waals surface area contributed by atoms with E-state index in [9.17, 15) is 8.42 Å². The van der Waals surface area contributed by atoms with Crippen molar-refractivity contribution in [3.63, 3.8) is 0 Å². The van der Waals surface area contributed by atoms with Crippen LogP contribution in [0.3, 0.4) is 0 Å². The molecule has 4 nitrogen and oxygen atoms in total. The third-order valence-corrected chi connectivity index (χ3v) is 5.59. The Morgan fingerprint density at radius 1 is 1.23 bits per heavy atom. The van der Waals surface area contributed by atoms with Gasteiger partial charge in [0.05, 0.1) is 27.7 Å². The topological polar surface area (TPSA) is 50.3 Å². The van der Waals surface area contributed by atoms with Crippen molar-refractivity contribution < 1.29 is 8.42 Å². The summed E-state index contributed by atoms with van der Waals surface area (Å²) in [4.78, 5) is 4.64. The summed E-state index contributed by atoms with van der Waals surface area (Å²) in [6.07, 6.45) is 10.4. The standard InChI is InChI=1S/C16H14N2O2S2/c1-4-10-18(3)22(19,20)14-7-8-15-13(12-14)6-9-16(17-15)21-11-5-2/h1-2,6-9,12H,10-11H2,3H3. The van der Waals surface area contributed by atoms with Gasteiger partial charge >= 0.3 is 0 Å². The minimum absolute atomic E-state index is 0.0281. The van der Waals surface area contributed by atoms with Crippen LogP contribution < -0.4 is 0 Å². The summed E-state index contributed by atoms with van der Waals surface area (Å²) in [7, 11) is -2.13. The summed E-state index contributed by atoms with van der Waals surface area (Å²) in [5.74, 6) is 5.41. The molecule has 2 rings (SSSR count). The fourth-order valence-corrected chi connectivity index (χ4v) is 3.51. The van der Waals surface area contributed by atoms with Gasteiger partial charge in [-0.1, -0.05) is 29.7 Å². The number of fused-ring (bicyclic) bond motifs is 1. The van der Waals surface area contributed by atoms with Gasteiger partial charge in [-0.05, 0) is 24.3 Å². The Labute approximate surface area is 135 Å². The molecular weight excluding hydrogens is 316 g/mol. The van der Waals surface area contributed by atoms with Crippen LogP contribution in [0.1, 0.15) is 0 Å². The number of hydrogen-bond acceptors (Lipinski definition) is 4. The van der Waals surface area contributed by atoms with Gasteiger partial charge in [-0.2, -0.15) is 4.31 Å². The molecule has 0 saturated carbocycles. The van der Waals surface area contributed by atoms with Crippen LogP contribution in [-0.4, -0.2) is 37.1 Å². The monoisotopic (exact) mass is 330 g/mol. The van der Waals surface area contributed by atoms with E-state index in [0.717, 1.165) is 20.2 Å². The average Bonchev–Trinajstić information content (AvgIpc) is 2.52. The second-order valence-electron chi connectivity index (χ2n) is 4.46. The Balaban J connectivity index is 2.40. The number of pyridine rings is 1. The summed E-state index contributed by atoms with van der Waals surface area (Å²) < 4.78 is 25.9. The van der Waals surface area contributed by atoms with Crippen molar-refractivity contribution in [1.82, 2.24) is 9.29 Å². The fourth-order valence-electron chi connectivity index (χ4n) is 1.83. The first-order valence-corrected chi connectivity index (χ1v) is 8.78. The lowest BCUT2D eigenvalue weighted by Crippen LogP contribution is -2.27. The van der Waals surface area contributed by atoms with Crippen LogP contribution in [0.25, 0.3) is 10.9 Å². The minimum atomic E-state index is -3.59. The van der Waals surface area contributed by atoms with Gasteiger partial charge in [0.2, 0.25) is 10.0 Å². The number of sulfonamides is 1.